The molecule has 1 aromatic carbocycles. The minimum atomic E-state index is -0.551. The zero-order chi connectivity index (χ0) is 18.3. The Kier molecular flexibility index (Phi) is 7.38. The second kappa shape index (κ2) is 9.29. The molecule has 1 saturated heterocycles. The second-order valence-electron chi connectivity index (χ2n) is 7.10. The molecule has 0 radical (unpaired) electrons. The van der Waals surface area contributed by atoms with Crippen molar-refractivity contribution in [2.75, 3.05) is 20.5 Å². The summed E-state index contributed by atoms with van der Waals surface area (Å²) in [4.78, 5) is 12.0. The molecule has 0 N–H and O–H groups in total. The summed E-state index contributed by atoms with van der Waals surface area (Å²) in [6.07, 6.45) is -0.454. The molecule has 0 aliphatic carbocycles. The van der Waals surface area contributed by atoms with E-state index in [2.05, 4.69) is 0 Å². The largest absolute Gasteiger partial charge is 0.462 e. The molecule has 6 heteroatoms. The predicted molar refractivity (Wildman–Crippen MR) is 91.7 cm³/mol. The molecule has 0 bridgehead atoms. The summed E-state index contributed by atoms with van der Waals surface area (Å²) >= 11 is 0. The molecule has 1 aromatic rings. The SMILES string of the molecule is COCO[C@H]1C[C@@H](OCc2ccccc2)O[C@@H]1COC(=O)C(C)(C)C. The third-order valence-corrected chi connectivity index (χ3v) is 3.84. The number of carbonyl (C=O) groups excluding carboxylic acids is 1. The molecule has 140 valence electrons. The van der Waals surface area contributed by atoms with E-state index in [1.807, 2.05) is 51.1 Å². The lowest BCUT2D eigenvalue weighted by Crippen LogP contribution is -2.33. The monoisotopic (exact) mass is 352 g/mol. The standard InChI is InChI=1S/C19H28O6/c1-19(2,3)18(20)23-12-16-15(24-13-21-4)10-17(25-16)22-11-14-8-6-5-7-9-14/h5-9,15-17H,10-13H2,1-4H3/t15-,16+,17-/m0/s1. The smallest absolute Gasteiger partial charge is 0.311 e. The summed E-state index contributed by atoms with van der Waals surface area (Å²) in [6.45, 7) is 6.19. The van der Waals surface area contributed by atoms with Gasteiger partial charge in [0, 0.05) is 13.5 Å². The van der Waals surface area contributed by atoms with Crippen LogP contribution in [0.2, 0.25) is 0 Å². The Labute approximate surface area is 149 Å². The number of hydrogen-bond donors (Lipinski definition) is 0. The summed E-state index contributed by atoms with van der Waals surface area (Å²) in [6, 6.07) is 9.89. The van der Waals surface area contributed by atoms with E-state index in [1.165, 1.54) is 0 Å². The average Bonchev–Trinajstić information content (AvgIpc) is 2.98. The third-order valence-electron chi connectivity index (χ3n) is 3.84. The van der Waals surface area contributed by atoms with E-state index in [4.69, 9.17) is 23.7 Å². The van der Waals surface area contributed by atoms with Gasteiger partial charge in [-0.25, -0.2) is 0 Å². The van der Waals surface area contributed by atoms with Gasteiger partial charge in [0.25, 0.3) is 0 Å². The zero-order valence-corrected chi connectivity index (χ0v) is 15.4. The first-order chi connectivity index (χ1) is 11.9. The van der Waals surface area contributed by atoms with Crippen molar-refractivity contribution in [2.45, 2.75) is 52.3 Å². The molecule has 1 aliphatic rings. The number of carbonyl (C=O) groups is 1. The van der Waals surface area contributed by atoms with Gasteiger partial charge in [-0.2, -0.15) is 0 Å². The van der Waals surface area contributed by atoms with Gasteiger partial charge < -0.3 is 23.7 Å². The summed E-state index contributed by atoms with van der Waals surface area (Å²) in [7, 11) is 1.56. The molecule has 0 amide bonds. The van der Waals surface area contributed by atoms with Crippen LogP contribution in [0.1, 0.15) is 32.8 Å². The lowest BCUT2D eigenvalue weighted by Gasteiger charge is -2.21. The third kappa shape index (κ3) is 6.40. The van der Waals surface area contributed by atoms with Gasteiger partial charge in [0.1, 0.15) is 19.5 Å². The Morgan fingerprint density at radius 3 is 2.56 bits per heavy atom. The van der Waals surface area contributed by atoms with Crippen LogP contribution in [-0.4, -0.2) is 45.0 Å². The van der Waals surface area contributed by atoms with Gasteiger partial charge in [-0.15, -0.1) is 0 Å². The van der Waals surface area contributed by atoms with Crippen molar-refractivity contribution in [1.29, 1.82) is 0 Å². The van der Waals surface area contributed by atoms with E-state index in [-0.39, 0.29) is 31.6 Å². The van der Waals surface area contributed by atoms with Gasteiger partial charge in [-0.3, -0.25) is 4.79 Å². The Morgan fingerprint density at radius 2 is 1.92 bits per heavy atom. The molecule has 25 heavy (non-hydrogen) atoms. The number of ether oxygens (including phenoxy) is 5. The number of benzene rings is 1. The Balaban J connectivity index is 1.86. The molecule has 0 saturated carbocycles. The van der Waals surface area contributed by atoms with E-state index in [0.717, 1.165) is 5.56 Å². The normalized spacial score (nSPS) is 23.6. The molecule has 1 heterocycles. The summed E-state index contributed by atoms with van der Waals surface area (Å²) in [5.74, 6) is -0.268. The fourth-order valence-electron chi connectivity index (χ4n) is 2.40. The lowest BCUT2D eigenvalue weighted by molar-refractivity contribution is -0.174. The van der Waals surface area contributed by atoms with E-state index in [0.29, 0.717) is 13.0 Å². The Bertz CT molecular complexity index is 524. The van der Waals surface area contributed by atoms with E-state index in [9.17, 15) is 4.79 Å². The van der Waals surface area contributed by atoms with Gasteiger partial charge in [0.2, 0.25) is 0 Å². The van der Waals surface area contributed by atoms with Crippen LogP contribution in [0.25, 0.3) is 0 Å². The summed E-state index contributed by atoms with van der Waals surface area (Å²) in [5.41, 5.74) is 0.521. The maximum absolute atomic E-state index is 12.0. The van der Waals surface area contributed by atoms with Crippen LogP contribution >= 0.6 is 0 Å². The van der Waals surface area contributed by atoms with Gasteiger partial charge in [-0.05, 0) is 26.3 Å². The van der Waals surface area contributed by atoms with Crippen LogP contribution in [0.5, 0.6) is 0 Å². The van der Waals surface area contributed by atoms with Gasteiger partial charge in [0.05, 0.1) is 18.1 Å². The quantitative estimate of drug-likeness (QED) is 0.529. The van der Waals surface area contributed by atoms with E-state index < -0.39 is 11.7 Å². The lowest BCUT2D eigenvalue weighted by atomic mass is 9.97. The maximum atomic E-state index is 12.0. The predicted octanol–water partition coefficient (Wildman–Crippen LogP) is 2.90. The van der Waals surface area contributed by atoms with Crippen molar-refractivity contribution in [3.05, 3.63) is 35.9 Å². The number of methoxy groups -OCH3 is 1. The molecular weight excluding hydrogens is 324 g/mol. The first-order valence-corrected chi connectivity index (χ1v) is 8.49. The number of esters is 1. The topological polar surface area (TPSA) is 63.2 Å². The molecule has 6 nitrogen and oxygen atoms in total. The van der Waals surface area contributed by atoms with Crippen molar-refractivity contribution in [3.63, 3.8) is 0 Å². The van der Waals surface area contributed by atoms with Gasteiger partial charge in [0.15, 0.2) is 6.29 Å². The van der Waals surface area contributed by atoms with Crippen molar-refractivity contribution in [1.82, 2.24) is 0 Å². The minimum absolute atomic E-state index is 0.135. The molecule has 2 rings (SSSR count). The highest BCUT2D eigenvalue weighted by atomic mass is 16.7. The van der Waals surface area contributed by atoms with Crippen molar-refractivity contribution in [2.24, 2.45) is 5.41 Å². The molecule has 1 fully saturated rings. The van der Waals surface area contributed by atoms with Crippen LogP contribution < -0.4 is 0 Å². The van der Waals surface area contributed by atoms with Crippen molar-refractivity contribution < 1.29 is 28.5 Å². The van der Waals surface area contributed by atoms with Crippen LogP contribution in [0.3, 0.4) is 0 Å². The first-order valence-electron chi connectivity index (χ1n) is 8.49. The van der Waals surface area contributed by atoms with E-state index >= 15 is 0 Å². The Hall–Kier alpha value is -1.47. The van der Waals surface area contributed by atoms with E-state index in [1.54, 1.807) is 7.11 Å². The molecule has 0 unspecified atom stereocenters. The average molecular weight is 352 g/mol. The highest BCUT2D eigenvalue weighted by Crippen LogP contribution is 2.26. The number of rotatable bonds is 8. The highest BCUT2D eigenvalue weighted by Gasteiger charge is 2.38. The van der Waals surface area contributed by atoms with Crippen LogP contribution in [0.4, 0.5) is 0 Å². The van der Waals surface area contributed by atoms with Crippen LogP contribution in [-0.2, 0) is 35.1 Å². The summed E-state index contributed by atoms with van der Waals surface area (Å²) < 4.78 is 27.7. The summed E-state index contributed by atoms with van der Waals surface area (Å²) in [5, 5.41) is 0. The highest BCUT2D eigenvalue weighted by molar-refractivity contribution is 5.75. The zero-order valence-electron chi connectivity index (χ0n) is 15.4. The van der Waals surface area contributed by atoms with Crippen molar-refractivity contribution in [3.8, 4) is 0 Å². The fraction of sp³-hybridized carbons (Fsp3) is 0.632. The van der Waals surface area contributed by atoms with Crippen LogP contribution in [0, 0.1) is 5.41 Å². The first kappa shape index (κ1) is 19.8. The molecule has 3 atom stereocenters. The molecule has 0 aromatic heterocycles. The molecule has 1 aliphatic heterocycles. The van der Waals surface area contributed by atoms with Gasteiger partial charge >= 0.3 is 5.97 Å². The molecule has 0 spiro atoms. The molecular formula is C19H28O6. The maximum Gasteiger partial charge on any atom is 0.311 e. The van der Waals surface area contributed by atoms with Crippen LogP contribution in [0.15, 0.2) is 30.3 Å². The fourth-order valence-corrected chi connectivity index (χ4v) is 2.40. The second-order valence-corrected chi connectivity index (χ2v) is 7.10. The minimum Gasteiger partial charge on any atom is -0.462 e. The Morgan fingerprint density at radius 1 is 1.20 bits per heavy atom. The van der Waals surface area contributed by atoms with Crippen molar-refractivity contribution >= 4 is 5.97 Å². The van der Waals surface area contributed by atoms with Gasteiger partial charge in [-0.1, -0.05) is 30.3 Å². The number of hydrogen-bond acceptors (Lipinski definition) is 6.